The number of aryl methyl sites for hydroxylation is 1. The zero-order valence-electron chi connectivity index (χ0n) is 8.54. The maximum absolute atomic E-state index is 4.34. The minimum atomic E-state index is 0.237. The van der Waals surface area contributed by atoms with Gasteiger partial charge in [0.15, 0.2) is 0 Å². The molecule has 0 unspecified atom stereocenters. The zero-order chi connectivity index (χ0) is 9.47. The molecule has 0 amide bonds. The summed E-state index contributed by atoms with van der Waals surface area (Å²) in [5, 5.41) is 0. The Morgan fingerprint density at radius 3 is 2.62 bits per heavy atom. The molecule has 2 heterocycles. The highest BCUT2D eigenvalue weighted by Gasteiger charge is 2.39. The lowest BCUT2D eigenvalue weighted by Crippen LogP contribution is -2.52. The summed E-state index contributed by atoms with van der Waals surface area (Å²) in [6, 6.07) is 4.28. The van der Waals surface area contributed by atoms with Gasteiger partial charge < -0.3 is 0 Å². The van der Waals surface area contributed by atoms with Crippen LogP contribution in [0.25, 0.3) is 0 Å². The molecule has 0 aliphatic carbocycles. The molecule has 13 heavy (non-hydrogen) atoms. The van der Waals surface area contributed by atoms with Crippen LogP contribution in [0.1, 0.15) is 24.6 Å². The smallest absolute Gasteiger partial charge is 0.0456 e. The number of hydrogen-bond donors (Lipinski definition) is 0. The van der Waals surface area contributed by atoms with E-state index in [2.05, 4.69) is 36.0 Å². The summed E-state index contributed by atoms with van der Waals surface area (Å²) in [5.41, 5.74) is 2.67. The van der Waals surface area contributed by atoms with Gasteiger partial charge in [0.25, 0.3) is 0 Å². The van der Waals surface area contributed by atoms with Crippen LogP contribution in [0.3, 0.4) is 0 Å². The average molecular weight is 176 g/mol. The number of aromatic nitrogens is 1. The SMILES string of the molecule is Cc1ccc([C@]2(C)CCN2C)cn1. The third-order valence-electron chi connectivity index (χ3n) is 3.31. The molecule has 1 atom stereocenters. The van der Waals surface area contributed by atoms with Gasteiger partial charge in [-0.05, 0) is 38.9 Å². The van der Waals surface area contributed by atoms with Crippen molar-refractivity contribution in [1.82, 2.24) is 9.88 Å². The van der Waals surface area contributed by atoms with Crippen molar-refractivity contribution in [2.45, 2.75) is 25.8 Å². The molecule has 2 heteroatoms. The van der Waals surface area contributed by atoms with Crippen LogP contribution in [0.4, 0.5) is 0 Å². The molecule has 0 radical (unpaired) electrons. The monoisotopic (exact) mass is 176 g/mol. The van der Waals surface area contributed by atoms with Crippen molar-refractivity contribution < 1.29 is 0 Å². The van der Waals surface area contributed by atoms with Crippen LogP contribution in [0.2, 0.25) is 0 Å². The molecular formula is C11H16N2. The van der Waals surface area contributed by atoms with E-state index in [0.717, 1.165) is 5.69 Å². The van der Waals surface area contributed by atoms with E-state index in [1.807, 2.05) is 13.1 Å². The minimum absolute atomic E-state index is 0.237. The third-order valence-corrected chi connectivity index (χ3v) is 3.31. The Balaban J connectivity index is 2.30. The first-order chi connectivity index (χ1) is 6.13. The highest BCUT2D eigenvalue weighted by Crippen LogP contribution is 2.37. The molecule has 0 spiro atoms. The largest absolute Gasteiger partial charge is 0.297 e. The van der Waals surface area contributed by atoms with E-state index in [0.29, 0.717) is 0 Å². The van der Waals surface area contributed by atoms with Crippen LogP contribution in [0.15, 0.2) is 18.3 Å². The van der Waals surface area contributed by atoms with Crippen molar-refractivity contribution >= 4 is 0 Å². The van der Waals surface area contributed by atoms with Gasteiger partial charge in [-0.2, -0.15) is 0 Å². The zero-order valence-corrected chi connectivity index (χ0v) is 8.54. The lowest BCUT2D eigenvalue weighted by molar-refractivity contribution is 0.0240. The molecule has 0 aromatic carbocycles. The first-order valence-electron chi connectivity index (χ1n) is 4.77. The van der Waals surface area contributed by atoms with Gasteiger partial charge in [0.05, 0.1) is 0 Å². The second kappa shape index (κ2) is 2.81. The fraction of sp³-hybridized carbons (Fsp3) is 0.545. The lowest BCUT2D eigenvalue weighted by Gasteiger charge is -2.48. The predicted octanol–water partition coefficient (Wildman–Crippen LogP) is 1.94. The summed E-state index contributed by atoms with van der Waals surface area (Å²) < 4.78 is 0. The molecule has 70 valence electrons. The van der Waals surface area contributed by atoms with Crippen LogP contribution in [0, 0.1) is 6.92 Å². The van der Waals surface area contributed by atoms with E-state index >= 15 is 0 Å². The van der Waals surface area contributed by atoms with Gasteiger partial charge in [-0.15, -0.1) is 0 Å². The summed E-state index contributed by atoms with van der Waals surface area (Å²) in [7, 11) is 2.17. The van der Waals surface area contributed by atoms with Crippen molar-refractivity contribution in [3.63, 3.8) is 0 Å². The maximum atomic E-state index is 4.34. The summed E-state index contributed by atoms with van der Waals surface area (Å²) in [5.74, 6) is 0. The van der Waals surface area contributed by atoms with Crippen LogP contribution >= 0.6 is 0 Å². The number of nitrogens with zero attached hydrogens (tertiary/aromatic N) is 2. The standard InChI is InChI=1S/C11H16N2/c1-9-4-5-10(8-12-9)11(2)6-7-13(11)3/h4-5,8H,6-7H2,1-3H3/t11-/m0/s1. The fourth-order valence-electron chi connectivity index (χ4n) is 1.82. The number of hydrogen-bond acceptors (Lipinski definition) is 2. The van der Waals surface area contributed by atoms with Crippen LogP contribution < -0.4 is 0 Å². The summed E-state index contributed by atoms with van der Waals surface area (Å²) in [6.45, 7) is 5.50. The Labute approximate surface area is 79.6 Å². The number of likely N-dealkylation sites (tertiary alicyclic amines) is 1. The Bertz CT molecular complexity index is 304. The van der Waals surface area contributed by atoms with Gasteiger partial charge in [-0.3, -0.25) is 9.88 Å². The van der Waals surface area contributed by atoms with Gasteiger partial charge in [0.1, 0.15) is 0 Å². The average Bonchev–Trinajstić information content (AvgIpc) is 2.15. The van der Waals surface area contributed by atoms with E-state index in [1.54, 1.807) is 0 Å². The maximum Gasteiger partial charge on any atom is 0.0456 e. The number of pyridine rings is 1. The second-order valence-corrected chi connectivity index (χ2v) is 4.13. The van der Waals surface area contributed by atoms with Crippen LogP contribution in [0.5, 0.6) is 0 Å². The van der Waals surface area contributed by atoms with E-state index < -0.39 is 0 Å². The molecular weight excluding hydrogens is 160 g/mol. The minimum Gasteiger partial charge on any atom is -0.297 e. The first-order valence-corrected chi connectivity index (χ1v) is 4.77. The summed E-state index contributed by atoms with van der Waals surface area (Å²) in [4.78, 5) is 6.71. The van der Waals surface area contributed by atoms with Crippen molar-refractivity contribution in [2.75, 3.05) is 13.6 Å². The quantitative estimate of drug-likeness (QED) is 0.650. The highest BCUT2D eigenvalue weighted by atomic mass is 15.2. The van der Waals surface area contributed by atoms with Crippen molar-refractivity contribution in [2.24, 2.45) is 0 Å². The Kier molecular flexibility index (Phi) is 1.88. The summed E-state index contributed by atoms with van der Waals surface area (Å²) >= 11 is 0. The first kappa shape index (κ1) is 8.70. The predicted molar refractivity (Wildman–Crippen MR) is 53.6 cm³/mol. The molecule has 1 saturated heterocycles. The Morgan fingerprint density at radius 1 is 1.46 bits per heavy atom. The number of rotatable bonds is 1. The second-order valence-electron chi connectivity index (χ2n) is 4.13. The molecule has 0 saturated carbocycles. The molecule has 1 aliphatic heterocycles. The molecule has 0 bridgehead atoms. The van der Waals surface area contributed by atoms with Gasteiger partial charge in [0.2, 0.25) is 0 Å². The van der Waals surface area contributed by atoms with Crippen molar-refractivity contribution in [1.29, 1.82) is 0 Å². The van der Waals surface area contributed by atoms with E-state index in [4.69, 9.17) is 0 Å². The fourth-order valence-corrected chi connectivity index (χ4v) is 1.82. The van der Waals surface area contributed by atoms with Crippen molar-refractivity contribution in [3.8, 4) is 0 Å². The van der Waals surface area contributed by atoms with Gasteiger partial charge in [-0.25, -0.2) is 0 Å². The molecule has 1 aliphatic rings. The molecule has 0 N–H and O–H groups in total. The normalized spacial score (nSPS) is 28.5. The van der Waals surface area contributed by atoms with Gasteiger partial charge in [-0.1, -0.05) is 6.07 Å². The lowest BCUT2D eigenvalue weighted by atomic mass is 9.81. The van der Waals surface area contributed by atoms with E-state index in [-0.39, 0.29) is 5.54 Å². The van der Waals surface area contributed by atoms with Gasteiger partial charge >= 0.3 is 0 Å². The summed E-state index contributed by atoms with van der Waals surface area (Å²) in [6.07, 6.45) is 3.25. The van der Waals surface area contributed by atoms with E-state index in [1.165, 1.54) is 18.5 Å². The molecule has 2 nitrogen and oxygen atoms in total. The molecule has 2 rings (SSSR count). The van der Waals surface area contributed by atoms with Crippen LogP contribution in [-0.4, -0.2) is 23.5 Å². The Hall–Kier alpha value is -0.890. The topological polar surface area (TPSA) is 16.1 Å². The van der Waals surface area contributed by atoms with Crippen LogP contribution in [-0.2, 0) is 5.54 Å². The Morgan fingerprint density at radius 2 is 2.23 bits per heavy atom. The highest BCUT2D eigenvalue weighted by molar-refractivity contribution is 5.24. The van der Waals surface area contributed by atoms with Crippen molar-refractivity contribution in [3.05, 3.63) is 29.6 Å². The van der Waals surface area contributed by atoms with E-state index in [9.17, 15) is 0 Å². The third kappa shape index (κ3) is 1.25. The molecule has 1 aromatic rings. The molecule has 1 fully saturated rings. The van der Waals surface area contributed by atoms with Gasteiger partial charge in [0, 0.05) is 24.0 Å². The molecule has 1 aromatic heterocycles.